The van der Waals surface area contributed by atoms with Gasteiger partial charge in [-0.3, -0.25) is 19.4 Å². The number of esters is 2. The summed E-state index contributed by atoms with van der Waals surface area (Å²) in [5.74, 6) is 0.811. The summed E-state index contributed by atoms with van der Waals surface area (Å²) in [5, 5.41) is 3.17. The molecule has 0 aliphatic carbocycles. The van der Waals surface area contributed by atoms with E-state index in [9.17, 15) is 14.4 Å². The Bertz CT molecular complexity index is 2540. The smallest absolute Gasteiger partial charge is 0.310 e. The molecule has 1 amide bonds. The maximum Gasteiger partial charge on any atom is 0.310 e. The van der Waals surface area contributed by atoms with Crippen LogP contribution in [-0.2, 0) is 36.7 Å². The van der Waals surface area contributed by atoms with Gasteiger partial charge >= 0.3 is 11.9 Å². The molecule has 2 aliphatic rings. The number of aromatic amines is 2. The number of hydrogen-bond acceptors (Lipinski definition) is 7. The molecular weight excluding hydrogens is 859 g/mol. The molecule has 0 fully saturated rings. The van der Waals surface area contributed by atoms with Crippen LogP contribution in [0.2, 0.25) is 0 Å². The van der Waals surface area contributed by atoms with Crippen LogP contribution in [0.25, 0.3) is 39.3 Å². The van der Waals surface area contributed by atoms with E-state index in [4.69, 9.17) is 19.4 Å². The predicted octanol–water partition coefficient (Wildman–Crippen LogP) is 14.3. The molecule has 3 aromatic heterocycles. The van der Waals surface area contributed by atoms with Crippen LogP contribution >= 0.6 is 0 Å². The fourth-order valence-electron chi connectivity index (χ4n) is 10.2. The highest BCUT2D eigenvalue weighted by Crippen LogP contribution is 2.44. The highest BCUT2D eigenvalue weighted by molar-refractivity contribution is 6.27. The number of carbonyl (C=O) groups is 3. The van der Waals surface area contributed by atoms with Crippen LogP contribution in [0, 0.1) is 31.6 Å². The van der Waals surface area contributed by atoms with Gasteiger partial charge in [-0.2, -0.15) is 0 Å². The van der Waals surface area contributed by atoms with E-state index in [0.717, 1.165) is 87.5 Å². The van der Waals surface area contributed by atoms with Crippen LogP contribution in [0.15, 0.2) is 36.4 Å². The molecule has 5 atom stereocenters. The minimum atomic E-state index is -0.479. The second-order valence-corrected chi connectivity index (χ2v) is 20.8. The average molecular weight is 944 g/mol. The van der Waals surface area contributed by atoms with Crippen molar-refractivity contribution in [2.24, 2.45) is 17.8 Å². The molecule has 0 saturated heterocycles. The first-order chi connectivity index (χ1) is 32.9. The van der Waals surface area contributed by atoms with E-state index in [-0.39, 0.29) is 49.2 Å². The molecule has 5 unspecified atom stereocenters. The number of aryl methyl sites for hydroxylation is 3. The lowest BCUT2D eigenvalue weighted by Crippen LogP contribution is -2.33. The molecule has 3 aromatic rings. The third kappa shape index (κ3) is 14.2. The summed E-state index contributed by atoms with van der Waals surface area (Å²) in [6.07, 6.45) is 17.1. The third-order valence-corrected chi connectivity index (χ3v) is 15.0. The van der Waals surface area contributed by atoms with E-state index < -0.39 is 5.97 Å². The number of aromatic nitrogens is 4. The highest BCUT2D eigenvalue weighted by Gasteiger charge is 2.36. The van der Waals surface area contributed by atoms with Gasteiger partial charge in [-0.25, -0.2) is 4.98 Å². The predicted molar refractivity (Wildman–Crippen MR) is 286 cm³/mol. The van der Waals surface area contributed by atoms with Gasteiger partial charge in [0.25, 0.3) is 5.91 Å². The van der Waals surface area contributed by atoms with Gasteiger partial charge in [-0.15, -0.1) is 0 Å². The first kappa shape index (κ1) is 54.7. The van der Waals surface area contributed by atoms with Gasteiger partial charge in [0.1, 0.15) is 6.61 Å². The maximum atomic E-state index is 14.4. The molecule has 69 heavy (non-hydrogen) atoms. The van der Waals surface area contributed by atoms with Crippen molar-refractivity contribution in [1.29, 1.82) is 0 Å². The third-order valence-electron chi connectivity index (χ3n) is 15.0. The summed E-state index contributed by atoms with van der Waals surface area (Å²) in [5.41, 5.74) is 13.2. The molecule has 5 heterocycles. The van der Waals surface area contributed by atoms with Crippen LogP contribution in [0.1, 0.15) is 209 Å². The van der Waals surface area contributed by atoms with Gasteiger partial charge in [0.2, 0.25) is 0 Å². The van der Waals surface area contributed by atoms with E-state index in [2.05, 4.69) is 96.3 Å². The van der Waals surface area contributed by atoms with Crippen LogP contribution in [0.4, 0.5) is 0 Å². The summed E-state index contributed by atoms with van der Waals surface area (Å²) >= 11 is 0. The lowest BCUT2D eigenvalue weighted by atomic mass is 9.84. The second kappa shape index (κ2) is 25.6. The Morgan fingerprint density at radius 3 is 2.10 bits per heavy atom. The van der Waals surface area contributed by atoms with Crippen molar-refractivity contribution in [3.8, 4) is 0 Å². The molecule has 3 N–H and O–H groups in total. The van der Waals surface area contributed by atoms with Crippen molar-refractivity contribution in [2.45, 2.75) is 191 Å². The molecule has 8 bridgehead atoms. The van der Waals surface area contributed by atoms with Crippen molar-refractivity contribution in [3.05, 3.63) is 87.0 Å². The molecule has 376 valence electrons. The van der Waals surface area contributed by atoms with E-state index >= 15 is 0 Å². The van der Waals surface area contributed by atoms with Crippen LogP contribution in [0.3, 0.4) is 0 Å². The van der Waals surface area contributed by atoms with E-state index in [1.165, 1.54) is 57.6 Å². The number of rotatable bonds is 24. The molecule has 0 spiro atoms. The van der Waals surface area contributed by atoms with E-state index in [0.29, 0.717) is 46.1 Å². The molecule has 0 radical (unpaired) electrons. The number of nitrogens with one attached hydrogen (secondary N) is 3. The number of allylic oxidation sites excluding steroid dienone is 2. The standard InChI is InChI=1S/C59H85N5O5/c1-15-39(9)60-59(67)56-43(13)51-34-53-45(17-3)41(11)49(62-53)33-52-44(16-2)40(10)48(61-52)32-50-42(12)46(57(63-50)47(58(56)64-51)31-55(66)68-14)27-28-54(65)69-30-29-38(8)26-20-25-37(7)24-19-23-36(6)22-18-21-35(4)5/h16,29,32-37,39,42,46,61-62H,2,15,17-28,30-31H2,1,3-14H3,(H,60,67). The average Bonchev–Trinajstić information content (AvgIpc) is 3.99. The zero-order chi connectivity index (χ0) is 50.5. The highest BCUT2D eigenvalue weighted by atomic mass is 16.5. The SMILES string of the molecule is C=Cc1c(C)c2cc3nc(c(CC(=O)OC)c4nc(cc5[nH]c(cc1[nH]2)c(C)c5CC)C(C)=C4C(=O)NC(C)CC)C(CCC(=O)OCC=C(C)CCCC(C)CCCC(C)CCCC(C)C)C3C. The maximum absolute atomic E-state index is 14.4. The Hall–Kier alpha value is -5.25. The van der Waals surface area contributed by atoms with Crippen molar-refractivity contribution < 1.29 is 23.9 Å². The first-order valence-electron chi connectivity index (χ1n) is 26.2. The van der Waals surface area contributed by atoms with Gasteiger partial charge < -0.3 is 24.8 Å². The number of fused-ring (bicyclic) bond motifs is 8. The number of methoxy groups -OCH3 is 1. The molecule has 2 aliphatic heterocycles. The Kier molecular flexibility index (Phi) is 20.3. The van der Waals surface area contributed by atoms with Gasteiger partial charge in [0, 0.05) is 63.2 Å². The summed E-state index contributed by atoms with van der Waals surface area (Å²) in [6, 6.07) is 6.11. The number of amides is 1. The Morgan fingerprint density at radius 1 is 0.812 bits per heavy atom. The molecular formula is C59H85N5O5. The second-order valence-electron chi connectivity index (χ2n) is 20.8. The van der Waals surface area contributed by atoms with Crippen molar-refractivity contribution in [2.75, 3.05) is 13.7 Å². The van der Waals surface area contributed by atoms with E-state index in [1.54, 1.807) is 0 Å². The number of ether oxygens (including phenoxy) is 2. The number of carbonyl (C=O) groups excluding carboxylic acids is 3. The Morgan fingerprint density at radius 2 is 1.46 bits per heavy atom. The molecule has 10 heteroatoms. The molecule has 10 nitrogen and oxygen atoms in total. The Balaban J connectivity index is 1.47. The number of nitrogens with zero attached hydrogens (tertiary/aromatic N) is 2. The lowest BCUT2D eigenvalue weighted by molar-refractivity contribution is -0.143. The van der Waals surface area contributed by atoms with Gasteiger partial charge in [-0.1, -0.05) is 112 Å². The first-order valence-corrected chi connectivity index (χ1v) is 26.2. The Labute approximate surface area is 414 Å². The zero-order valence-corrected chi connectivity index (χ0v) is 44.6. The summed E-state index contributed by atoms with van der Waals surface area (Å²) < 4.78 is 11.2. The van der Waals surface area contributed by atoms with Gasteiger partial charge in [-0.05, 0) is 131 Å². The quantitative estimate of drug-likeness (QED) is 0.0600. The number of H-pyrrole nitrogens is 2. The van der Waals surface area contributed by atoms with Crippen molar-refractivity contribution in [1.82, 2.24) is 25.3 Å². The molecule has 0 saturated carbocycles. The van der Waals surface area contributed by atoms with E-state index in [1.807, 2.05) is 39.0 Å². The van der Waals surface area contributed by atoms with Crippen molar-refractivity contribution in [3.63, 3.8) is 0 Å². The fourth-order valence-corrected chi connectivity index (χ4v) is 10.2. The van der Waals surface area contributed by atoms with Crippen molar-refractivity contribution >= 4 is 57.1 Å². The summed E-state index contributed by atoms with van der Waals surface area (Å²) in [6.45, 7) is 30.3. The fraction of sp³-hybridized carbons (Fsp3) is 0.576. The molecule has 0 aromatic carbocycles. The minimum Gasteiger partial charge on any atom is -0.469 e. The topological polar surface area (TPSA) is 139 Å². The largest absolute Gasteiger partial charge is 0.469 e. The van der Waals surface area contributed by atoms with Crippen LogP contribution in [0.5, 0.6) is 0 Å². The molecule has 5 rings (SSSR count). The van der Waals surface area contributed by atoms with Crippen LogP contribution < -0.4 is 5.32 Å². The lowest BCUT2D eigenvalue weighted by Gasteiger charge is -2.19. The van der Waals surface area contributed by atoms with Gasteiger partial charge in [0.05, 0.1) is 36.2 Å². The zero-order valence-electron chi connectivity index (χ0n) is 44.6. The summed E-state index contributed by atoms with van der Waals surface area (Å²) in [4.78, 5) is 59.4. The normalized spacial score (nSPS) is 16.4. The minimum absolute atomic E-state index is 0.0970. The van der Waals surface area contributed by atoms with Gasteiger partial charge in [0.15, 0.2) is 0 Å². The number of hydrogen-bond donors (Lipinski definition) is 3. The monoisotopic (exact) mass is 944 g/mol. The van der Waals surface area contributed by atoms with Crippen LogP contribution in [-0.4, -0.2) is 57.5 Å². The summed E-state index contributed by atoms with van der Waals surface area (Å²) in [7, 11) is 1.36.